The normalized spacial score (nSPS) is 18.2. The van der Waals surface area contributed by atoms with Crippen LogP contribution in [-0.4, -0.2) is 55.3 Å². The van der Waals surface area contributed by atoms with Gasteiger partial charge in [0.25, 0.3) is 0 Å². The number of aromatic amines is 1. The Morgan fingerprint density at radius 2 is 1.94 bits per heavy atom. The van der Waals surface area contributed by atoms with Crippen molar-refractivity contribution in [1.29, 1.82) is 0 Å². The smallest absolute Gasteiger partial charge is 0.351 e. The Labute approximate surface area is 194 Å². The summed E-state index contributed by atoms with van der Waals surface area (Å²) in [6.07, 6.45) is 5.71. The van der Waals surface area contributed by atoms with E-state index in [0.717, 1.165) is 29.1 Å². The lowest BCUT2D eigenvalue weighted by Gasteiger charge is -2.44. The van der Waals surface area contributed by atoms with Gasteiger partial charge in [-0.1, -0.05) is 18.2 Å². The topological polar surface area (TPSA) is 65.9 Å². The summed E-state index contributed by atoms with van der Waals surface area (Å²) in [6.45, 7) is 4.12. The second-order valence-corrected chi connectivity index (χ2v) is 8.40. The van der Waals surface area contributed by atoms with E-state index >= 15 is 0 Å². The number of imidazole rings is 1. The summed E-state index contributed by atoms with van der Waals surface area (Å²) in [6, 6.07) is 10.7. The number of benzene rings is 1. The van der Waals surface area contributed by atoms with Gasteiger partial charge < -0.3 is 9.47 Å². The molecule has 0 aliphatic carbocycles. The Balaban J connectivity index is 1.43. The van der Waals surface area contributed by atoms with Crippen LogP contribution in [0.15, 0.2) is 73.7 Å². The molecule has 0 spiro atoms. The van der Waals surface area contributed by atoms with Crippen molar-refractivity contribution in [2.24, 2.45) is 0 Å². The lowest BCUT2D eigenvalue weighted by molar-refractivity contribution is -0.137. The molecule has 3 aromatic heterocycles. The highest BCUT2D eigenvalue weighted by Crippen LogP contribution is 2.35. The fourth-order valence-electron chi connectivity index (χ4n) is 4.64. The van der Waals surface area contributed by atoms with Gasteiger partial charge >= 0.3 is 6.18 Å². The lowest BCUT2D eigenvalue weighted by Crippen LogP contribution is -2.53. The standard InChI is InChI=1S/C24H24F3N7/c1-17-15-32(10-11-34(17)22-7-6-19(14-29-22)24(25,26)27)23(18-12-30-31-13-18)20-4-2-3-5-21(20)33-9-8-28-16-33/h2-9,12-14,16-17,23H,10-11,15H2,1H3,(H,30,31). The first kappa shape index (κ1) is 22.1. The first-order valence-corrected chi connectivity index (χ1v) is 11.0. The molecule has 5 rings (SSSR count). The van der Waals surface area contributed by atoms with Crippen molar-refractivity contribution in [1.82, 2.24) is 29.6 Å². The first-order valence-electron chi connectivity index (χ1n) is 11.0. The van der Waals surface area contributed by atoms with E-state index < -0.39 is 11.7 Å². The number of rotatable bonds is 5. The Kier molecular flexibility index (Phi) is 5.82. The minimum Gasteiger partial charge on any atom is -0.351 e. The number of halogens is 3. The van der Waals surface area contributed by atoms with Crippen LogP contribution in [-0.2, 0) is 6.18 Å². The highest BCUT2D eigenvalue weighted by atomic mass is 19.4. The van der Waals surface area contributed by atoms with Gasteiger partial charge in [-0.15, -0.1) is 0 Å². The van der Waals surface area contributed by atoms with Crippen LogP contribution < -0.4 is 4.90 Å². The van der Waals surface area contributed by atoms with Crippen LogP contribution in [0.1, 0.15) is 29.7 Å². The molecule has 4 heterocycles. The average Bonchev–Trinajstić information content (AvgIpc) is 3.54. The summed E-state index contributed by atoms with van der Waals surface area (Å²) < 4.78 is 40.8. The van der Waals surface area contributed by atoms with Crippen LogP contribution in [0.3, 0.4) is 0 Å². The molecular formula is C24H24F3N7. The number of aromatic nitrogens is 5. The van der Waals surface area contributed by atoms with Crippen LogP contribution >= 0.6 is 0 Å². The molecule has 34 heavy (non-hydrogen) atoms. The van der Waals surface area contributed by atoms with Crippen molar-refractivity contribution >= 4 is 5.82 Å². The monoisotopic (exact) mass is 467 g/mol. The van der Waals surface area contributed by atoms with Gasteiger partial charge in [0.1, 0.15) is 5.82 Å². The van der Waals surface area contributed by atoms with Crippen molar-refractivity contribution in [3.05, 3.63) is 90.4 Å². The van der Waals surface area contributed by atoms with Crippen molar-refractivity contribution in [2.45, 2.75) is 25.2 Å². The zero-order valence-corrected chi connectivity index (χ0v) is 18.5. The SMILES string of the molecule is CC1CN(C(c2cn[nH]c2)c2ccccc2-n2ccnc2)CCN1c1ccc(C(F)(F)F)cn1. The third-order valence-corrected chi connectivity index (χ3v) is 6.24. The molecule has 0 radical (unpaired) electrons. The number of pyridine rings is 1. The average molecular weight is 467 g/mol. The molecule has 4 aromatic rings. The summed E-state index contributed by atoms with van der Waals surface area (Å²) in [5, 5.41) is 7.11. The minimum absolute atomic E-state index is 0.0489. The number of nitrogens with one attached hydrogen (secondary N) is 1. The van der Waals surface area contributed by atoms with Crippen molar-refractivity contribution in [3.8, 4) is 5.69 Å². The second kappa shape index (κ2) is 8.94. The van der Waals surface area contributed by atoms with Crippen molar-refractivity contribution in [3.63, 3.8) is 0 Å². The molecule has 7 nitrogen and oxygen atoms in total. The van der Waals surface area contributed by atoms with Crippen LogP contribution in [0.2, 0.25) is 0 Å². The van der Waals surface area contributed by atoms with Gasteiger partial charge in [0, 0.05) is 56.0 Å². The maximum atomic E-state index is 12.9. The quantitative estimate of drug-likeness (QED) is 0.474. The molecule has 2 atom stereocenters. The summed E-state index contributed by atoms with van der Waals surface area (Å²) in [5.41, 5.74) is 2.46. The van der Waals surface area contributed by atoms with E-state index in [1.807, 2.05) is 35.3 Å². The van der Waals surface area contributed by atoms with Gasteiger partial charge in [-0.3, -0.25) is 10.00 Å². The van der Waals surface area contributed by atoms with Gasteiger partial charge in [0.05, 0.1) is 29.8 Å². The zero-order valence-electron chi connectivity index (χ0n) is 18.5. The molecule has 2 unspecified atom stereocenters. The number of alkyl halides is 3. The molecule has 1 fully saturated rings. The Morgan fingerprint density at radius 1 is 1.09 bits per heavy atom. The lowest BCUT2D eigenvalue weighted by atomic mass is 9.96. The molecule has 1 aromatic carbocycles. The van der Waals surface area contributed by atoms with Gasteiger partial charge in [-0.2, -0.15) is 18.3 Å². The number of anilines is 1. The van der Waals surface area contributed by atoms with Gasteiger partial charge in [0.15, 0.2) is 0 Å². The summed E-state index contributed by atoms with van der Waals surface area (Å²) in [4.78, 5) is 12.7. The molecule has 1 aliphatic heterocycles. The van der Waals surface area contributed by atoms with E-state index in [-0.39, 0.29) is 12.1 Å². The van der Waals surface area contributed by atoms with Crippen molar-refractivity contribution < 1.29 is 13.2 Å². The largest absolute Gasteiger partial charge is 0.417 e. The number of piperazine rings is 1. The fourth-order valence-corrected chi connectivity index (χ4v) is 4.64. The summed E-state index contributed by atoms with van der Waals surface area (Å²) >= 11 is 0. The number of hydrogen-bond donors (Lipinski definition) is 1. The third kappa shape index (κ3) is 4.28. The molecule has 10 heteroatoms. The molecule has 0 bridgehead atoms. The van der Waals surface area contributed by atoms with Crippen LogP contribution in [0.25, 0.3) is 5.69 Å². The highest BCUT2D eigenvalue weighted by molar-refractivity contribution is 5.47. The second-order valence-electron chi connectivity index (χ2n) is 8.40. The molecule has 1 N–H and O–H groups in total. The molecule has 176 valence electrons. The summed E-state index contributed by atoms with van der Waals surface area (Å²) in [7, 11) is 0. The molecule has 1 aliphatic rings. The van der Waals surface area contributed by atoms with E-state index in [4.69, 9.17) is 0 Å². The molecule has 0 amide bonds. The van der Waals surface area contributed by atoms with Gasteiger partial charge in [-0.05, 0) is 30.7 Å². The molecule has 0 saturated carbocycles. The predicted octanol–water partition coefficient (Wildman–Crippen LogP) is 4.31. The van der Waals surface area contributed by atoms with Crippen LogP contribution in [0, 0.1) is 0 Å². The van der Waals surface area contributed by atoms with E-state index in [1.165, 1.54) is 6.07 Å². The Morgan fingerprint density at radius 3 is 2.59 bits per heavy atom. The Hall–Kier alpha value is -3.66. The molecule has 1 saturated heterocycles. The van der Waals surface area contributed by atoms with E-state index in [0.29, 0.717) is 25.5 Å². The van der Waals surface area contributed by atoms with Crippen LogP contribution in [0.4, 0.5) is 19.0 Å². The summed E-state index contributed by atoms with van der Waals surface area (Å²) in [5.74, 6) is 0.554. The van der Waals surface area contributed by atoms with Gasteiger partial charge in [0.2, 0.25) is 0 Å². The van der Waals surface area contributed by atoms with Crippen LogP contribution in [0.5, 0.6) is 0 Å². The third-order valence-electron chi connectivity index (χ3n) is 6.24. The first-order chi connectivity index (χ1) is 16.4. The number of nitrogens with zero attached hydrogens (tertiary/aromatic N) is 6. The van der Waals surface area contributed by atoms with E-state index in [9.17, 15) is 13.2 Å². The van der Waals surface area contributed by atoms with E-state index in [2.05, 4.69) is 49.0 Å². The fraction of sp³-hybridized carbons (Fsp3) is 0.292. The zero-order chi connectivity index (χ0) is 23.7. The number of hydrogen-bond acceptors (Lipinski definition) is 5. The predicted molar refractivity (Wildman–Crippen MR) is 122 cm³/mol. The highest BCUT2D eigenvalue weighted by Gasteiger charge is 2.34. The number of H-pyrrole nitrogens is 1. The molecular weight excluding hydrogens is 443 g/mol. The minimum atomic E-state index is -4.39. The van der Waals surface area contributed by atoms with E-state index in [1.54, 1.807) is 12.5 Å². The maximum Gasteiger partial charge on any atom is 0.417 e. The van der Waals surface area contributed by atoms with Gasteiger partial charge in [-0.25, -0.2) is 9.97 Å². The Bertz CT molecular complexity index is 1200. The van der Waals surface area contributed by atoms with Crippen molar-refractivity contribution in [2.75, 3.05) is 24.5 Å². The maximum absolute atomic E-state index is 12.9. The number of para-hydroxylation sites is 1.